The number of rotatable bonds is 3. The number of aromatic nitrogens is 2. The topological polar surface area (TPSA) is 92.6 Å². The Balaban J connectivity index is 2.05. The Hall–Kier alpha value is -2.08. The summed E-state index contributed by atoms with van der Waals surface area (Å²) in [5.74, 6) is -0.513. The molecule has 2 aromatic rings. The number of nitrogens with two attached hydrogens (primary N) is 1. The van der Waals surface area contributed by atoms with Gasteiger partial charge in [0.15, 0.2) is 0 Å². The molecular formula is C16H22N4O2. The van der Waals surface area contributed by atoms with E-state index < -0.39 is 11.5 Å². The van der Waals surface area contributed by atoms with Crippen LogP contribution in [0.5, 0.6) is 0 Å². The van der Waals surface area contributed by atoms with Gasteiger partial charge >= 0.3 is 0 Å². The number of primary amides is 1. The lowest BCUT2D eigenvalue weighted by atomic mass is 9.86. The zero-order valence-electron chi connectivity index (χ0n) is 13.1. The third-order valence-electron chi connectivity index (χ3n) is 4.57. The van der Waals surface area contributed by atoms with E-state index in [2.05, 4.69) is 24.3 Å². The summed E-state index contributed by atoms with van der Waals surface area (Å²) < 4.78 is 1.70. The molecule has 2 aromatic heterocycles. The number of nitrogens with zero attached hydrogens (tertiary/aromatic N) is 2. The number of anilines is 1. The Morgan fingerprint density at radius 1 is 1.50 bits per heavy atom. The van der Waals surface area contributed by atoms with E-state index in [1.807, 2.05) is 25.3 Å². The second-order valence-corrected chi connectivity index (χ2v) is 7.20. The molecule has 1 fully saturated rings. The van der Waals surface area contributed by atoms with Crippen LogP contribution < -0.4 is 11.1 Å². The number of fused-ring (bicyclic) bond motifs is 1. The number of carbonyl (C=O) groups excluding carboxylic acids is 1. The van der Waals surface area contributed by atoms with Crippen molar-refractivity contribution in [1.29, 1.82) is 0 Å². The first kappa shape index (κ1) is 14.8. The van der Waals surface area contributed by atoms with E-state index >= 15 is 0 Å². The molecule has 118 valence electrons. The summed E-state index contributed by atoms with van der Waals surface area (Å²) in [6.07, 6.45) is 4.62. The van der Waals surface area contributed by atoms with Crippen molar-refractivity contribution < 1.29 is 9.90 Å². The molecule has 6 nitrogen and oxygen atoms in total. The van der Waals surface area contributed by atoms with Crippen molar-refractivity contribution in [2.45, 2.75) is 45.3 Å². The van der Waals surface area contributed by atoms with Gasteiger partial charge in [-0.05, 0) is 37.3 Å². The number of hydrogen-bond donors (Lipinski definition) is 3. The van der Waals surface area contributed by atoms with Crippen molar-refractivity contribution in [3.05, 3.63) is 30.1 Å². The lowest BCUT2D eigenvalue weighted by Crippen LogP contribution is -2.32. The summed E-state index contributed by atoms with van der Waals surface area (Å²) in [4.78, 5) is 11.7. The Morgan fingerprint density at radius 3 is 2.82 bits per heavy atom. The average molecular weight is 302 g/mol. The SMILES string of the molecule is CC1(C)C[C@](C)(O)C[C@H]1Nc1c(C(N)=O)cnn2cccc12. The van der Waals surface area contributed by atoms with Gasteiger partial charge in [0.05, 0.1) is 28.6 Å². The zero-order valence-corrected chi connectivity index (χ0v) is 13.1. The molecule has 0 bridgehead atoms. The van der Waals surface area contributed by atoms with Crippen LogP contribution in [0.4, 0.5) is 5.69 Å². The fourth-order valence-corrected chi connectivity index (χ4v) is 3.65. The Bertz CT molecular complexity index is 733. The van der Waals surface area contributed by atoms with E-state index in [1.54, 1.807) is 4.52 Å². The standard InChI is InChI=1S/C16H22N4O2/c1-15(2)9-16(3,22)7-12(15)19-13-10(14(17)21)8-18-20-6-4-5-11(13)20/h4-6,8,12,19,22H,7,9H2,1-3H3,(H2,17,21)/t12-,16-/m1/s1. The van der Waals surface area contributed by atoms with Crippen LogP contribution in [0.2, 0.25) is 0 Å². The lowest BCUT2D eigenvalue weighted by molar-refractivity contribution is 0.0570. The molecule has 0 spiro atoms. The molecule has 1 saturated carbocycles. The second-order valence-electron chi connectivity index (χ2n) is 7.20. The van der Waals surface area contributed by atoms with Gasteiger partial charge in [-0.25, -0.2) is 4.52 Å². The predicted molar refractivity (Wildman–Crippen MR) is 84.8 cm³/mol. The molecule has 1 amide bonds. The first-order valence-electron chi connectivity index (χ1n) is 7.45. The van der Waals surface area contributed by atoms with Gasteiger partial charge in [-0.15, -0.1) is 0 Å². The van der Waals surface area contributed by atoms with Crippen molar-refractivity contribution in [3.63, 3.8) is 0 Å². The monoisotopic (exact) mass is 302 g/mol. The minimum absolute atomic E-state index is 0.0432. The summed E-state index contributed by atoms with van der Waals surface area (Å²) in [6, 6.07) is 3.80. The molecule has 6 heteroatoms. The molecule has 0 aromatic carbocycles. The molecule has 0 aliphatic heterocycles. The molecular weight excluding hydrogens is 280 g/mol. The van der Waals surface area contributed by atoms with E-state index in [9.17, 15) is 9.90 Å². The van der Waals surface area contributed by atoms with Crippen LogP contribution >= 0.6 is 0 Å². The number of carbonyl (C=O) groups is 1. The number of nitrogens with one attached hydrogen (secondary N) is 1. The van der Waals surface area contributed by atoms with Crippen molar-refractivity contribution in [3.8, 4) is 0 Å². The van der Waals surface area contributed by atoms with Crippen LogP contribution in [-0.4, -0.2) is 32.3 Å². The number of hydrogen-bond acceptors (Lipinski definition) is 4. The molecule has 2 heterocycles. The molecule has 1 aliphatic carbocycles. The first-order valence-corrected chi connectivity index (χ1v) is 7.45. The van der Waals surface area contributed by atoms with Gasteiger partial charge in [0.2, 0.25) is 0 Å². The highest BCUT2D eigenvalue weighted by Gasteiger charge is 2.46. The van der Waals surface area contributed by atoms with Crippen LogP contribution in [0.3, 0.4) is 0 Å². The molecule has 0 unspecified atom stereocenters. The quantitative estimate of drug-likeness (QED) is 0.806. The fourth-order valence-electron chi connectivity index (χ4n) is 3.65. The zero-order chi connectivity index (χ0) is 16.1. The highest BCUT2D eigenvalue weighted by atomic mass is 16.3. The Morgan fingerprint density at radius 2 is 2.23 bits per heavy atom. The maximum Gasteiger partial charge on any atom is 0.252 e. The average Bonchev–Trinajstić information content (AvgIpc) is 2.91. The smallest absolute Gasteiger partial charge is 0.252 e. The van der Waals surface area contributed by atoms with Crippen molar-refractivity contribution >= 4 is 17.1 Å². The van der Waals surface area contributed by atoms with E-state index in [0.717, 1.165) is 5.52 Å². The minimum Gasteiger partial charge on any atom is -0.390 e. The van der Waals surface area contributed by atoms with Gasteiger partial charge in [0, 0.05) is 12.2 Å². The van der Waals surface area contributed by atoms with Crippen LogP contribution in [0.25, 0.3) is 5.52 Å². The normalized spacial score (nSPS) is 27.2. The third-order valence-corrected chi connectivity index (χ3v) is 4.57. The fraction of sp³-hybridized carbons (Fsp3) is 0.500. The van der Waals surface area contributed by atoms with Gasteiger partial charge in [-0.3, -0.25) is 4.79 Å². The second kappa shape index (κ2) is 4.71. The summed E-state index contributed by atoms with van der Waals surface area (Å²) in [5.41, 5.74) is 6.55. The van der Waals surface area contributed by atoms with Crippen LogP contribution in [-0.2, 0) is 0 Å². The maximum atomic E-state index is 11.7. The van der Waals surface area contributed by atoms with Gasteiger partial charge < -0.3 is 16.2 Å². The Kier molecular flexibility index (Phi) is 3.18. The summed E-state index contributed by atoms with van der Waals surface area (Å²) in [7, 11) is 0. The predicted octanol–water partition coefficient (Wildman–Crippen LogP) is 1.78. The van der Waals surface area contributed by atoms with E-state index in [-0.39, 0.29) is 11.5 Å². The molecule has 1 aliphatic rings. The van der Waals surface area contributed by atoms with Crippen LogP contribution in [0.1, 0.15) is 44.0 Å². The first-order chi connectivity index (χ1) is 10.2. The largest absolute Gasteiger partial charge is 0.390 e. The van der Waals surface area contributed by atoms with Crippen LogP contribution in [0.15, 0.2) is 24.5 Å². The van der Waals surface area contributed by atoms with Crippen molar-refractivity contribution in [2.24, 2.45) is 11.1 Å². The molecule has 0 radical (unpaired) electrons. The lowest BCUT2D eigenvalue weighted by Gasteiger charge is -2.29. The van der Waals surface area contributed by atoms with Gasteiger partial charge in [-0.1, -0.05) is 13.8 Å². The highest BCUT2D eigenvalue weighted by Crippen LogP contribution is 2.45. The maximum absolute atomic E-state index is 11.7. The summed E-state index contributed by atoms with van der Waals surface area (Å²) >= 11 is 0. The molecule has 0 saturated heterocycles. The third kappa shape index (κ3) is 2.43. The molecule has 22 heavy (non-hydrogen) atoms. The van der Waals surface area contributed by atoms with Crippen molar-refractivity contribution in [2.75, 3.05) is 5.32 Å². The highest BCUT2D eigenvalue weighted by molar-refractivity contribution is 6.01. The molecule has 3 rings (SSSR count). The minimum atomic E-state index is -0.709. The summed E-state index contributed by atoms with van der Waals surface area (Å²) in [6.45, 7) is 6.09. The molecule has 4 N–H and O–H groups in total. The van der Waals surface area contributed by atoms with Crippen LogP contribution in [0, 0.1) is 5.41 Å². The van der Waals surface area contributed by atoms with Gasteiger partial charge in [0.25, 0.3) is 5.91 Å². The van der Waals surface area contributed by atoms with Crippen molar-refractivity contribution in [1.82, 2.24) is 9.61 Å². The van der Waals surface area contributed by atoms with E-state index in [0.29, 0.717) is 24.1 Å². The van der Waals surface area contributed by atoms with Gasteiger partial charge in [-0.2, -0.15) is 5.10 Å². The van der Waals surface area contributed by atoms with Gasteiger partial charge in [0.1, 0.15) is 0 Å². The van der Waals surface area contributed by atoms with E-state index in [4.69, 9.17) is 5.73 Å². The Labute approximate surface area is 129 Å². The molecule has 2 atom stereocenters. The number of aliphatic hydroxyl groups is 1. The number of amides is 1. The summed E-state index contributed by atoms with van der Waals surface area (Å²) in [5, 5.41) is 18.0. The van der Waals surface area contributed by atoms with E-state index in [1.165, 1.54) is 6.20 Å².